The normalized spacial score (nSPS) is 20.0. The molecular weight excluding hydrogens is 264 g/mol. The Balaban J connectivity index is 1.58. The number of ether oxygens (including phenoxy) is 1. The Hall–Kier alpha value is -1.39. The van der Waals surface area contributed by atoms with E-state index in [1.807, 2.05) is 18.2 Å². The number of rotatable bonds is 7. The fourth-order valence-corrected chi connectivity index (χ4v) is 2.51. The second-order valence-electron chi connectivity index (χ2n) is 5.89. The van der Waals surface area contributed by atoms with E-state index in [9.17, 15) is 4.79 Å². The lowest BCUT2D eigenvalue weighted by atomic mass is 9.98. The standard InChI is InChI=1S/C17H26N2O2/c1-14(12-21-13-15-6-3-2-4-7-15)10-19-17(20)16-8-5-9-18-11-16/h2-4,6-7,14,16,18H,5,8-13H2,1H3,(H,19,20). The van der Waals surface area contributed by atoms with Crippen LogP contribution in [0.3, 0.4) is 0 Å². The third-order valence-electron chi connectivity index (χ3n) is 3.81. The molecule has 2 atom stereocenters. The van der Waals surface area contributed by atoms with Gasteiger partial charge in [-0.25, -0.2) is 0 Å². The highest BCUT2D eigenvalue weighted by molar-refractivity contribution is 5.78. The number of benzene rings is 1. The maximum absolute atomic E-state index is 12.0. The molecule has 1 amide bonds. The molecule has 0 aliphatic carbocycles. The van der Waals surface area contributed by atoms with Gasteiger partial charge in [0.2, 0.25) is 5.91 Å². The molecule has 2 unspecified atom stereocenters. The summed E-state index contributed by atoms with van der Waals surface area (Å²) in [4.78, 5) is 12.0. The van der Waals surface area contributed by atoms with Gasteiger partial charge in [-0.3, -0.25) is 4.79 Å². The van der Waals surface area contributed by atoms with E-state index in [0.717, 1.165) is 25.9 Å². The van der Waals surface area contributed by atoms with Gasteiger partial charge in [-0.15, -0.1) is 0 Å². The first-order valence-electron chi connectivity index (χ1n) is 7.86. The van der Waals surface area contributed by atoms with Gasteiger partial charge >= 0.3 is 0 Å². The molecule has 4 nitrogen and oxygen atoms in total. The van der Waals surface area contributed by atoms with Gasteiger partial charge in [-0.05, 0) is 30.9 Å². The van der Waals surface area contributed by atoms with Crippen LogP contribution in [0.2, 0.25) is 0 Å². The molecule has 1 heterocycles. The third kappa shape index (κ3) is 5.86. The maximum Gasteiger partial charge on any atom is 0.224 e. The molecule has 1 aromatic rings. The molecule has 21 heavy (non-hydrogen) atoms. The predicted molar refractivity (Wildman–Crippen MR) is 83.9 cm³/mol. The van der Waals surface area contributed by atoms with Crippen LogP contribution in [0.5, 0.6) is 0 Å². The van der Waals surface area contributed by atoms with Crippen molar-refractivity contribution in [2.24, 2.45) is 11.8 Å². The number of hydrogen-bond acceptors (Lipinski definition) is 3. The Labute approximate surface area is 127 Å². The first-order valence-corrected chi connectivity index (χ1v) is 7.86. The summed E-state index contributed by atoms with van der Waals surface area (Å²) in [6, 6.07) is 10.1. The molecule has 0 aromatic heterocycles. The minimum absolute atomic E-state index is 0.135. The predicted octanol–water partition coefficient (Wildman–Crippen LogP) is 1.96. The smallest absolute Gasteiger partial charge is 0.224 e. The van der Waals surface area contributed by atoms with Crippen molar-refractivity contribution < 1.29 is 9.53 Å². The Kier molecular flexibility index (Phi) is 6.70. The molecule has 4 heteroatoms. The van der Waals surface area contributed by atoms with Crippen LogP contribution < -0.4 is 10.6 Å². The summed E-state index contributed by atoms with van der Waals surface area (Å²) in [6.07, 6.45) is 2.09. The molecule has 0 saturated carbocycles. The Morgan fingerprint density at radius 1 is 1.43 bits per heavy atom. The van der Waals surface area contributed by atoms with Crippen LogP contribution in [0.4, 0.5) is 0 Å². The highest BCUT2D eigenvalue weighted by Crippen LogP contribution is 2.10. The van der Waals surface area contributed by atoms with Crippen molar-refractivity contribution in [3.05, 3.63) is 35.9 Å². The molecule has 1 aliphatic heterocycles. The highest BCUT2D eigenvalue weighted by atomic mass is 16.5. The third-order valence-corrected chi connectivity index (χ3v) is 3.81. The van der Waals surface area contributed by atoms with E-state index in [-0.39, 0.29) is 11.8 Å². The van der Waals surface area contributed by atoms with Crippen LogP contribution in [0.1, 0.15) is 25.3 Å². The number of piperidine rings is 1. The number of hydrogen-bond donors (Lipinski definition) is 2. The number of amides is 1. The van der Waals surface area contributed by atoms with Gasteiger partial charge in [0.25, 0.3) is 0 Å². The summed E-state index contributed by atoms with van der Waals surface area (Å²) in [5.74, 6) is 0.641. The second kappa shape index (κ2) is 8.80. The number of carbonyl (C=O) groups is 1. The van der Waals surface area contributed by atoms with Gasteiger partial charge in [0.1, 0.15) is 0 Å². The highest BCUT2D eigenvalue weighted by Gasteiger charge is 2.20. The molecule has 1 aliphatic rings. The first-order chi connectivity index (χ1) is 10.3. The Bertz CT molecular complexity index is 416. The number of carbonyl (C=O) groups excluding carboxylic acids is 1. The minimum atomic E-state index is 0.135. The lowest BCUT2D eigenvalue weighted by molar-refractivity contribution is -0.125. The molecule has 1 fully saturated rings. The lowest BCUT2D eigenvalue weighted by Crippen LogP contribution is -2.42. The maximum atomic E-state index is 12.0. The van der Waals surface area contributed by atoms with Gasteiger partial charge in [0, 0.05) is 13.1 Å². The molecule has 116 valence electrons. The van der Waals surface area contributed by atoms with Gasteiger partial charge in [0.15, 0.2) is 0 Å². The molecule has 1 aromatic carbocycles. The minimum Gasteiger partial charge on any atom is -0.376 e. The average Bonchev–Trinajstić information content (AvgIpc) is 2.54. The average molecular weight is 290 g/mol. The summed E-state index contributed by atoms with van der Waals surface area (Å²) in [5, 5.41) is 6.31. The van der Waals surface area contributed by atoms with Crippen molar-refractivity contribution >= 4 is 5.91 Å². The van der Waals surface area contributed by atoms with Crippen molar-refractivity contribution in [1.82, 2.24) is 10.6 Å². The first kappa shape index (κ1) is 16.0. The quantitative estimate of drug-likeness (QED) is 0.807. The van der Waals surface area contributed by atoms with E-state index in [2.05, 4.69) is 29.7 Å². The largest absolute Gasteiger partial charge is 0.376 e. The van der Waals surface area contributed by atoms with Crippen LogP contribution >= 0.6 is 0 Å². The van der Waals surface area contributed by atoms with Gasteiger partial charge in [0.05, 0.1) is 19.1 Å². The fraction of sp³-hybridized carbons (Fsp3) is 0.588. The molecular formula is C17H26N2O2. The zero-order chi connectivity index (χ0) is 14.9. The van der Waals surface area contributed by atoms with Crippen LogP contribution in [0, 0.1) is 11.8 Å². The van der Waals surface area contributed by atoms with Crippen LogP contribution in [-0.4, -0.2) is 32.1 Å². The van der Waals surface area contributed by atoms with E-state index in [1.165, 1.54) is 5.56 Å². The molecule has 0 radical (unpaired) electrons. The summed E-state index contributed by atoms with van der Waals surface area (Å²) in [7, 11) is 0. The summed E-state index contributed by atoms with van der Waals surface area (Å²) in [5.41, 5.74) is 1.18. The Morgan fingerprint density at radius 2 is 2.24 bits per heavy atom. The summed E-state index contributed by atoms with van der Waals surface area (Å²) in [6.45, 7) is 5.93. The van der Waals surface area contributed by atoms with Gasteiger partial charge < -0.3 is 15.4 Å². The molecule has 2 N–H and O–H groups in total. The summed E-state index contributed by atoms with van der Waals surface area (Å²) < 4.78 is 5.70. The molecule has 0 bridgehead atoms. The molecule has 1 saturated heterocycles. The molecule has 2 rings (SSSR count). The topological polar surface area (TPSA) is 50.4 Å². The van der Waals surface area contributed by atoms with E-state index < -0.39 is 0 Å². The lowest BCUT2D eigenvalue weighted by Gasteiger charge is -2.22. The van der Waals surface area contributed by atoms with E-state index in [1.54, 1.807) is 0 Å². The van der Waals surface area contributed by atoms with Gasteiger partial charge in [-0.1, -0.05) is 37.3 Å². The summed E-state index contributed by atoms with van der Waals surface area (Å²) >= 11 is 0. The SMILES string of the molecule is CC(CNC(=O)C1CCCNC1)COCc1ccccc1. The van der Waals surface area contributed by atoms with Crippen LogP contribution in [0.15, 0.2) is 30.3 Å². The number of nitrogens with one attached hydrogen (secondary N) is 2. The zero-order valence-corrected chi connectivity index (χ0v) is 12.8. The van der Waals surface area contributed by atoms with E-state index in [0.29, 0.717) is 25.7 Å². The van der Waals surface area contributed by atoms with Crippen molar-refractivity contribution in [3.8, 4) is 0 Å². The van der Waals surface area contributed by atoms with Gasteiger partial charge in [-0.2, -0.15) is 0 Å². The fourth-order valence-electron chi connectivity index (χ4n) is 2.51. The van der Waals surface area contributed by atoms with Crippen molar-refractivity contribution in [1.29, 1.82) is 0 Å². The van der Waals surface area contributed by atoms with Crippen LogP contribution in [0.25, 0.3) is 0 Å². The van der Waals surface area contributed by atoms with Crippen molar-refractivity contribution in [3.63, 3.8) is 0 Å². The monoisotopic (exact) mass is 290 g/mol. The van der Waals surface area contributed by atoms with E-state index in [4.69, 9.17) is 4.74 Å². The second-order valence-corrected chi connectivity index (χ2v) is 5.89. The van der Waals surface area contributed by atoms with Crippen LogP contribution in [-0.2, 0) is 16.1 Å². The zero-order valence-electron chi connectivity index (χ0n) is 12.8. The Morgan fingerprint density at radius 3 is 2.95 bits per heavy atom. The van der Waals surface area contributed by atoms with Crippen molar-refractivity contribution in [2.75, 3.05) is 26.2 Å². The van der Waals surface area contributed by atoms with Crippen molar-refractivity contribution in [2.45, 2.75) is 26.4 Å². The molecule has 0 spiro atoms. The van der Waals surface area contributed by atoms with E-state index >= 15 is 0 Å².